The third kappa shape index (κ3) is 1.89. The minimum Gasteiger partial charge on any atom is -0.287 e. The first kappa shape index (κ1) is 13.5. The lowest BCUT2D eigenvalue weighted by Gasteiger charge is -2.25. The van der Waals surface area contributed by atoms with Gasteiger partial charge in [0, 0.05) is 11.8 Å². The van der Waals surface area contributed by atoms with Crippen LogP contribution in [0.2, 0.25) is 0 Å². The molecule has 8 heteroatoms. The zero-order chi connectivity index (χ0) is 12.0. The topological polar surface area (TPSA) is 60.2 Å². The van der Waals surface area contributed by atoms with Crippen molar-refractivity contribution in [3.05, 3.63) is 28.0 Å². The summed E-state index contributed by atoms with van der Waals surface area (Å²) < 4.78 is 0.689. The summed E-state index contributed by atoms with van der Waals surface area (Å²) in [5.74, 6) is -0.340. The van der Waals surface area contributed by atoms with Crippen molar-refractivity contribution in [2.45, 2.75) is 12.5 Å². The highest BCUT2D eigenvalue weighted by atomic mass is 79.9. The lowest BCUT2D eigenvalue weighted by Crippen LogP contribution is -2.39. The van der Waals surface area contributed by atoms with Crippen molar-refractivity contribution in [1.29, 1.82) is 0 Å². The lowest BCUT2D eigenvalue weighted by atomic mass is 9.96. The summed E-state index contributed by atoms with van der Waals surface area (Å²) in [7, 11) is 0. The van der Waals surface area contributed by atoms with Gasteiger partial charge in [-0.3, -0.25) is 14.9 Å². The number of carbonyl (C=O) groups is 1. The van der Waals surface area contributed by atoms with Crippen molar-refractivity contribution in [3.8, 4) is 0 Å². The first-order chi connectivity index (χ1) is 6.74. The summed E-state index contributed by atoms with van der Waals surface area (Å²) >= 11 is 12.2. The number of ketones is 1. The molecule has 0 spiro atoms. The van der Waals surface area contributed by atoms with E-state index in [1.54, 1.807) is 0 Å². The van der Waals surface area contributed by atoms with Gasteiger partial charge in [0.2, 0.25) is 5.78 Å². The fraction of sp³-hybridized carbons (Fsp3) is 0.286. The molecule has 0 radical (unpaired) electrons. The summed E-state index contributed by atoms with van der Waals surface area (Å²) in [6.07, 6.45) is 0. The Morgan fingerprint density at radius 2 is 1.47 bits per heavy atom. The van der Waals surface area contributed by atoms with Crippen LogP contribution >= 0.6 is 63.7 Å². The largest absolute Gasteiger partial charge is 0.287 e. The van der Waals surface area contributed by atoms with E-state index in [9.17, 15) is 14.9 Å². The molecule has 0 unspecified atom stereocenters. The van der Waals surface area contributed by atoms with Crippen LogP contribution in [0.5, 0.6) is 0 Å². The number of hydrogen-bond acceptors (Lipinski definition) is 3. The molecule has 0 aromatic heterocycles. The van der Waals surface area contributed by atoms with Gasteiger partial charge in [-0.1, -0.05) is 0 Å². The van der Waals surface area contributed by atoms with E-state index in [1.165, 1.54) is 6.92 Å². The van der Waals surface area contributed by atoms with Gasteiger partial charge in [0.05, 0.1) is 17.9 Å². The van der Waals surface area contributed by atoms with Gasteiger partial charge in [-0.05, 0) is 63.7 Å². The third-order valence-electron chi connectivity index (χ3n) is 2.00. The highest BCUT2D eigenvalue weighted by Gasteiger charge is 2.51. The van der Waals surface area contributed by atoms with Crippen LogP contribution in [0.4, 0.5) is 0 Å². The molecule has 0 aromatic carbocycles. The Bertz CT molecular complexity index is 398. The molecule has 4 nitrogen and oxygen atoms in total. The van der Waals surface area contributed by atoms with E-state index in [0.29, 0.717) is 0 Å². The zero-order valence-electron chi connectivity index (χ0n) is 7.18. The molecule has 0 heterocycles. The van der Waals surface area contributed by atoms with E-state index in [2.05, 4.69) is 63.7 Å². The molecule has 0 bridgehead atoms. The number of Topliss-reactive ketones (excluding diaryl/α,β-unsaturated/α-hetero) is 1. The zero-order valence-corrected chi connectivity index (χ0v) is 13.5. The van der Waals surface area contributed by atoms with Gasteiger partial charge in [-0.2, -0.15) is 0 Å². The van der Waals surface area contributed by atoms with Crippen LogP contribution in [-0.4, -0.2) is 16.2 Å². The van der Waals surface area contributed by atoms with E-state index >= 15 is 0 Å². The molecule has 0 N–H and O–H groups in total. The standard InChI is InChI=1S/C7H3Br4NO3/c1-7(12(14)15)5(10)2(8)4(13)3(9)6(7)11/h1H3. The van der Waals surface area contributed by atoms with Crippen LogP contribution in [0.3, 0.4) is 0 Å². The van der Waals surface area contributed by atoms with Crippen molar-refractivity contribution >= 4 is 69.5 Å². The summed E-state index contributed by atoms with van der Waals surface area (Å²) in [5.41, 5.74) is -1.48. The van der Waals surface area contributed by atoms with Gasteiger partial charge in [0.1, 0.15) is 0 Å². The van der Waals surface area contributed by atoms with Gasteiger partial charge in [0.15, 0.2) is 0 Å². The van der Waals surface area contributed by atoms with Crippen LogP contribution in [0, 0.1) is 10.1 Å². The molecule has 0 aliphatic heterocycles. The molecule has 0 aromatic rings. The van der Waals surface area contributed by atoms with Crippen LogP contribution in [0.1, 0.15) is 6.92 Å². The van der Waals surface area contributed by atoms with Gasteiger partial charge in [-0.15, -0.1) is 0 Å². The molecule has 0 saturated heterocycles. The van der Waals surface area contributed by atoms with Gasteiger partial charge in [-0.25, -0.2) is 0 Å². The second-order valence-corrected chi connectivity index (χ2v) is 6.09. The molecule has 1 aliphatic rings. The van der Waals surface area contributed by atoms with E-state index in [4.69, 9.17) is 0 Å². The number of nitrogens with zero attached hydrogens (tertiary/aromatic N) is 1. The highest BCUT2D eigenvalue weighted by Crippen LogP contribution is 2.47. The molecule has 0 amide bonds. The van der Waals surface area contributed by atoms with Crippen LogP contribution in [0.25, 0.3) is 0 Å². The van der Waals surface area contributed by atoms with Crippen molar-refractivity contribution < 1.29 is 9.72 Å². The minimum atomic E-state index is -1.48. The Hall–Kier alpha value is 0.470. The molecule has 15 heavy (non-hydrogen) atoms. The van der Waals surface area contributed by atoms with Gasteiger partial charge >= 0.3 is 0 Å². The smallest absolute Gasteiger partial charge is 0.284 e. The summed E-state index contributed by atoms with van der Waals surface area (Å²) in [5, 5.41) is 11.0. The molecular formula is C7H3Br4NO3. The maximum absolute atomic E-state index is 11.6. The second kappa shape index (κ2) is 4.38. The number of halogens is 4. The summed E-state index contributed by atoms with van der Waals surface area (Å²) in [4.78, 5) is 22.1. The maximum Gasteiger partial charge on any atom is 0.284 e. The Balaban J connectivity index is 3.54. The fourth-order valence-electron chi connectivity index (χ4n) is 0.980. The van der Waals surface area contributed by atoms with Crippen LogP contribution in [-0.2, 0) is 4.79 Å². The molecule has 0 fully saturated rings. The number of rotatable bonds is 1. The quantitative estimate of drug-likeness (QED) is 0.436. The molecule has 0 saturated carbocycles. The molecule has 82 valence electrons. The lowest BCUT2D eigenvalue weighted by molar-refractivity contribution is -0.537. The third-order valence-corrected chi connectivity index (χ3v) is 6.92. The van der Waals surface area contributed by atoms with E-state index in [-0.39, 0.29) is 23.7 Å². The normalized spacial score (nSPS) is 21.0. The maximum atomic E-state index is 11.6. The molecule has 0 atom stereocenters. The number of hydrogen-bond donors (Lipinski definition) is 0. The molecule has 1 rings (SSSR count). The monoisotopic (exact) mass is 465 g/mol. The SMILES string of the molecule is CC1([N+](=O)[O-])C(Br)=C(Br)C(=O)C(Br)=C1Br. The highest BCUT2D eigenvalue weighted by molar-refractivity contribution is 9.15. The molecule has 1 aliphatic carbocycles. The Morgan fingerprint density at radius 1 is 1.13 bits per heavy atom. The van der Waals surface area contributed by atoms with Crippen molar-refractivity contribution in [2.24, 2.45) is 0 Å². The first-order valence-electron chi connectivity index (χ1n) is 3.55. The average molecular weight is 469 g/mol. The van der Waals surface area contributed by atoms with Crippen molar-refractivity contribution in [1.82, 2.24) is 0 Å². The van der Waals surface area contributed by atoms with Gasteiger partial charge in [0.25, 0.3) is 5.54 Å². The predicted molar refractivity (Wildman–Crippen MR) is 70.2 cm³/mol. The van der Waals surface area contributed by atoms with Crippen LogP contribution in [0.15, 0.2) is 17.9 Å². The summed E-state index contributed by atoms with van der Waals surface area (Å²) in [6, 6.07) is 0. The minimum absolute atomic E-state index is 0.150. The van der Waals surface area contributed by atoms with Crippen molar-refractivity contribution in [2.75, 3.05) is 0 Å². The van der Waals surface area contributed by atoms with Crippen molar-refractivity contribution in [3.63, 3.8) is 0 Å². The number of carbonyl (C=O) groups excluding carboxylic acids is 1. The van der Waals surface area contributed by atoms with E-state index in [0.717, 1.165) is 0 Å². The summed E-state index contributed by atoms with van der Waals surface area (Å²) in [6.45, 7) is 1.40. The van der Waals surface area contributed by atoms with Gasteiger partial charge < -0.3 is 0 Å². The van der Waals surface area contributed by atoms with E-state index in [1.807, 2.05) is 0 Å². The first-order valence-corrected chi connectivity index (χ1v) is 6.72. The number of nitro groups is 1. The Kier molecular flexibility index (Phi) is 3.96. The van der Waals surface area contributed by atoms with Crippen LogP contribution < -0.4 is 0 Å². The average Bonchev–Trinajstić information content (AvgIpc) is 2.20. The second-order valence-electron chi connectivity index (χ2n) is 2.91. The fourth-order valence-corrected chi connectivity index (χ4v) is 3.73. The number of allylic oxidation sites excluding steroid dienone is 2. The Labute approximate surface area is 119 Å². The Morgan fingerprint density at radius 3 is 1.73 bits per heavy atom. The molecular weight excluding hydrogens is 466 g/mol. The predicted octanol–water partition coefficient (Wildman–Crippen LogP) is 3.61. The van der Waals surface area contributed by atoms with E-state index < -0.39 is 10.5 Å².